The molecule has 121 valence electrons. The first-order chi connectivity index (χ1) is 11.2. The van der Waals surface area contributed by atoms with Crippen LogP contribution in [0.3, 0.4) is 0 Å². The Morgan fingerprint density at radius 2 is 1.17 bits per heavy atom. The summed E-state index contributed by atoms with van der Waals surface area (Å²) in [4.78, 5) is 0. The zero-order chi connectivity index (χ0) is 16.7. The van der Waals surface area contributed by atoms with Crippen LogP contribution in [0.25, 0.3) is 0 Å². The highest BCUT2D eigenvalue weighted by atomic mass is 16.6. The first-order valence-corrected chi connectivity index (χ1v) is 6.92. The molecule has 0 aromatic heterocycles. The van der Waals surface area contributed by atoms with Gasteiger partial charge in [-0.15, -0.1) is 0 Å². The third-order valence-corrected chi connectivity index (χ3v) is 3.17. The van der Waals surface area contributed by atoms with Crippen LogP contribution in [0.4, 0.5) is 0 Å². The van der Waals surface area contributed by atoms with Gasteiger partial charge in [0, 0.05) is 0 Å². The average molecular weight is 317 g/mol. The molecule has 0 amide bonds. The Hall–Kier alpha value is -2.38. The van der Waals surface area contributed by atoms with E-state index in [4.69, 9.17) is 29.0 Å². The van der Waals surface area contributed by atoms with Crippen molar-refractivity contribution < 1.29 is 29.0 Å². The highest BCUT2D eigenvalue weighted by molar-refractivity contribution is 6.21. The van der Waals surface area contributed by atoms with Gasteiger partial charge >= 0.3 is 7.69 Å². The maximum Gasteiger partial charge on any atom is 0.658 e. The van der Waals surface area contributed by atoms with Crippen LogP contribution in [-0.2, 0) is 13.2 Å². The summed E-state index contributed by atoms with van der Waals surface area (Å²) in [6, 6.07) is 10.2. The predicted octanol–water partition coefficient (Wildman–Crippen LogP) is 1.68. The third-order valence-electron chi connectivity index (χ3n) is 3.17. The van der Waals surface area contributed by atoms with Crippen LogP contribution in [0, 0.1) is 0 Å². The fourth-order valence-electron chi connectivity index (χ4n) is 1.94. The second-order valence-corrected chi connectivity index (χ2v) is 4.62. The van der Waals surface area contributed by atoms with Gasteiger partial charge in [-0.25, -0.2) is 0 Å². The molecular weight excluding hydrogens is 299 g/mol. The maximum absolute atomic E-state index is 9.11. The highest BCUT2D eigenvalue weighted by Gasteiger charge is 2.11. The van der Waals surface area contributed by atoms with E-state index in [0.717, 1.165) is 18.8 Å². The van der Waals surface area contributed by atoms with Gasteiger partial charge in [0.25, 0.3) is 0 Å². The molecule has 23 heavy (non-hydrogen) atoms. The van der Waals surface area contributed by atoms with Gasteiger partial charge in [-0.05, 0) is 35.4 Å². The van der Waals surface area contributed by atoms with Gasteiger partial charge in [-0.3, -0.25) is 0 Å². The monoisotopic (exact) mass is 317 g/mol. The number of rotatable bonds is 8. The minimum Gasteiger partial charge on any atom is -0.524 e. The van der Waals surface area contributed by atoms with E-state index in [1.54, 1.807) is 36.4 Å². The van der Waals surface area contributed by atoms with Crippen molar-refractivity contribution in [3.05, 3.63) is 47.5 Å². The van der Waals surface area contributed by atoms with E-state index >= 15 is 0 Å². The first-order valence-electron chi connectivity index (χ1n) is 6.92. The predicted molar refractivity (Wildman–Crippen MR) is 84.8 cm³/mol. The minimum atomic E-state index is -0.0781. The zero-order valence-electron chi connectivity index (χ0n) is 13.0. The Labute approximate surface area is 135 Å². The van der Waals surface area contributed by atoms with Crippen molar-refractivity contribution in [1.29, 1.82) is 0 Å². The van der Waals surface area contributed by atoms with Crippen LogP contribution < -0.4 is 18.8 Å². The average Bonchev–Trinajstić information content (AvgIpc) is 2.61. The van der Waals surface area contributed by atoms with E-state index < -0.39 is 0 Å². The molecule has 0 fully saturated rings. The van der Waals surface area contributed by atoms with Crippen LogP contribution in [0.1, 0.15) is 11.1 Å². The maximum atomic E-state index is 9.11. The SMILES string of the molecule is COc1cc(CO)ccc1O[B]Oc1ccc(CO)cc1OC. The highest BCUT2D eigenvalue weighted by Crippen LogP contribution is 2.30. The lowest BCUT2D eigenvalue weighted by Crippen LogP contribution is -2.12. The summed E-state index contributed by atoms with van der Waals surface area (Å²) in [5, 5.41) is 18.2. The Morgan fingerprint density at radius 1 is 0.739 bits per heavy atom. The normalized spacial score (nSPS) is 10.1. The van der Waals surface area contributed by atoms with E-state index in [2.05, 4.69) is 0 Å². The number of aliphatic hydroxyl groups is 2. The molecule has 1 radical (unpaired) electrons. The second-order valence-electron chi connectivity index (χ2n) is 4.62. The topological polar surface area (TPSA) is 77.4 Å². The molecule has 0 heterocycles. The standard InChI is InChI=1S/C16H18BO6/c1-20-15-7-11(9-18)3-5-13(15)22-17-23-14-6-4-12(10-19)8-16(14)21-2/h3-8,18-19H,9-10H2,1-2H3. The number of hydrogen-bond acceptors (Lipinski definition) is 6. The molecule has 2 rings (SSSR count). The van der Waals surface area contributed by atoms with E-state index in [0.29, 0.717) is 23.0 Å². The van der Waals surface area contributed by atoms with Gasteiger partial charge in [0.15, 0.2) is 11.5 Å². The van der Waals surface area contributed by atoms with E-state index in [-0.39, 0.29) is 13.2 Å². The molecule has 0 aliphatic rings. The molecule has 0 aliphatic carbocycles. The molecule has 0 bridgehead atoms. The van der Waals surface area contributed by atoms with Crippen molar-refractivity contribution in [2.24, 2.45) is 0 Å². The summed E-state index contributed by atoms with van der Waals surface area (Å²) in [5.74, 6) is 1.88. The largest absolute Gasteiger partial charge is 0.658 e. The first kappa shape index (κ1) is 17.0. The molecule has 0 unspecified atom stereocenters. The van der Waals surface area contributed by atoms with E-state index in [9.17, 15) is 0 Å². The number of hydrogen-bond donors (Lipinski definition) is 2. The molecule has 0 saturated carbocycles. The zero-order valence-corrected chi connectivity index (χ0v) is 13.0. The summed E-state index contributed by atoms with van der Waals surface area (Å²) < 4.78 is 21.3. The summed E-state index contributed by atoms with van der Waals surface area (Å²) in [7, 11) is 4.19. The molecule has 6 nitrogen and oxygen atoms in total. The summed E-state index contributed by atoms with van der Waals surface area (Å²) >= 11 is 0. The van der Waals surface area contributed by atoms with Crippen molar-refractivity contribution >= 4 is 7.69 Å². The second kappa shape index (κ2) is 8.31. The Kier molecular flexibility index (Phi) is 6.14. The summed E-state index contributed by atoms with van der Waals surface area (Å²) in [6.07, 6.45) is 0. The lowest BCUT2D eigenvalue weighted by molar-refractivity contribution is 0.280. The van der Waals surface area contributed by atoms with Crippen molar-refractivity contribution in [1.82, 2.24) is 0 Å². The van der Waals surface area contributed by atoms with E-state index in [1.165, 1.54) is 14.2 Å². The molecule has 0 aliphatic heterocycles. The van der Waals surface area contributed by atoms with Crippen LogP contribution in [-0.4, -0.2) is 32.1 Å². The lowest BCUT2D eigenvalue weighted by Gasteiger charge is -2.13. The van der Waals surface area contributed by atoms with Crippen molar-refractivity contribution in [3.8, 4) is 23.0 Å². The third kappa shape index (κ3) is 4.31. The quantitative estimate of drug-likeness (QED) is 0.722. The van der Waals surface area contributed by atoms with Gasteiger partial charge < -0.3 is 29.0 Å². The van der Waals surface area contributed by atoms with Crippen molar-refractivity contribution in [3.63, 3.8) is 0 Å². The van der Waals surface area contributed by atoms with Crippen molar-refractivity contribution in [2.75, 3.05) is 14.2 Å². The molecule has 7 heteroatoms. The van der Waals surface area contributed by atoms with Gasteiger partial charge in [0.05, 0.1) is 27.4 Å². The summed E-state index contributed by atoms with van der Waals surface area (Å²) in [5.41, 5.74) is 1.44. The van der Waals surface area contributed by atoms with Crippen LogP contribution in [0.15, 0.2) is 36.4 Å². The van der Waals surface area contributed by atoms with Crippen LogP contribution in [0.2, 0.25) is 0 Å². The molecular formula is C16H18BO6. The van der Waals surface area contributed by atoms with Gasteiger partial charge in [0.2, 0.25) is 0 Å². The van der Waals surface area contributed by atoms with Crippen LogP contribution >= 0.6 is 0 Å². The molecule has 0 spiro atoms. The fraction of sp³-hybridized carbons (Fsp3) is 0.250. The van der Waals surface area contributed by atoms with Gasteiger partial charge in [0.1, 0.15) is 11.5 Å². The Morgan fingerprint density at radius 3 is 1.52 bits per heavy atom. The van der Waals surface area contributed by atoms with Gasteiger partial charge in [-0.2, -0.15) is 0 Å². The molecule has 0 saturated heterocycles. The molecule has 0 atom stereocenters. The number of ether oxygens (including phenoxy) is 2. The molecule has 2 aromatic rings. The lowest BCUT2D eigenvalue weighted by atomic mass is 10.2. The minimum absolute atomic E-state index is 0.0781. The van der Waals surface area contributed by atoms with Crippen LogP contribution in [0.5, 0.6) is 23.0 Å². The molecule has 2 aromatic carbocycles. The summed E-state index contributed by atoms with van der Waals surface area (Å²) in [6.45, 7) is -0.156. The van der Waals surface area contributed by atoms with E-state index in [1.807, 2.05) is 0 Å². The van der Waals surface area contributed by atoms with Gasteiger partial charge in [-0.1, -0.05) is 12.1 Å². The molecule has 2 N–H and O–H groups in total. The Bertz CT molecular complexity index is 591. The number of benzene rings is 2. The number of aliphatic hydroxyl groups excluding tert-OH is 2. The number of methoxy groups -OCH3 is 2. The fourth-order valence-corrected chi connectivity index (χ4v) is 1.94. The smallest absolute Gasteiger partial charge is 0.524 e. The van der Waals surface area contributed by atoms with Crippen molar-refractivity contribution in [2.45, 2.75) is 13.2 Å². The Balaban J connectivity index is 2.02.